The molecule has 0 bridgehead atoms. The second-order valence-electron chi connectivity index (χ2n) is 4.55. The maximum absolute atomic E-state index is 12.2. The van der Waals surface area contributed by atoms with E-state index < -0.39 is 5.54 Å². The van der Waals surface area contributed by atoms with E-state index in [2.05, 4.69) is 10.0 Å². The number of ketones is 1. The van der Waals surface area contributed by atoms with Crippen molar-refractivity contribution in [2.75, 3.05) is 0 Å². The van der Waals surface area contributed by atoms with Crippen LogP contribution in [0.3, 0.4) is 0 Å². The maximum atomic E-state index is 12.2. The highest BCUT2D eigenvalue weighted by molar-refractivity contribution is 5.90. The molecule has 1 aliphatic carbocycles. The van der Waals surface area contributed by atoms with E-state index in [-0.39, 0.29) is 5.78 Å². The van der Waals surface area contributed by atoms with Crippen molar-refractivity contribution in [2.24, 2.45) is 5.11 Å². The van der Waals surface area contributed by atoms with Crippen LogP contribution in [-0.2, 0) is 10.3 Å². The summed E-state index contributed by atoms with van der Waals surface area (Å²) in [6, 6.07) is 7.70. The molecule has 0 heterocycles. The molecule has 0 saturated heterocycles. The summed E-state index contributed by atoms with van der Waals surface area (Å²) < 4.78 is 0. The highest BCUT2D eigenvalue weighted by Crippen LogP contribution is 2.38. The van der Waals surface area contributed by atoms with Gasteiger partial charge in [-0.3, -0.25) is 4.79 Å². The van der Waals surface area contributed by atoms with Crippen molar-refractivity contribution in [3.63, 3.8) is 0 Å². The van der Waals surface area contributed by atoms with E-state index in [9.17, 15) is 4.79 Å². The average Bonchev–Trinajstić information content (AvgIpc) is 2.32. The van der Waals surface area contributed by atoms with Crippen LogP contribution in [0.5, 0.6) is 0 Å². The first-order chi connectivity index (χ1) is 8.19. The first kappa shape index (κ1) is 11.7. The third-order valence-electron chi connectivity index (χ3n) is 3.36. The predicted molar refractivity (Wildman–Crippen MR) is 65.5 cm³/mol. The molecule has 0 amide bonds. The fraction of sp³-hybridized carbons (Fsp3) is 0.462. The zero-order chi connectivity index (χ0) is 12.3. The number of hydrogen-bond donors (Lipinski definition) is 0. The summed E-state index contributed by atoms with van der Waals surface area (Å²) in [4.78, 5) is 15.0. The number of hydrogen-bond acceptors (Lipinski definition) is 2. The molecule has 0 aromatic heterocycles. The molecule has 1 aliphatic rings. The van der Waals surface area contributed by atoms with Gasteiger partial charge in [-0.2, -0.15) is 0 Å². The molecule has 88 valence electrons. The van der Waals surface area contributed by atoms with Crippen LogP contribution in [0, 0.1) is 6.92 Å². The molecule has 4 heteroatoms. The lowest BCUT2D eigenvalue weighted by atomic mass is 9.76. The van der Waals surface area contributed by atoms with Gasteiger partial charge in [0.05, 0.1) is 0 Å². The van der Waals surface area contributed by atoms with E-state index in [1.165, 1.54) is 0 Å². The maximum Gasteiger partial charge on any atom is 0.149 e. The lowest BCUT2D eigenvalue weighted by molar-refractivity contribution is -0.126. The molecule has 1 aromatic carbocycles. The molecular formula is C13H15N3O. The number of rotatable bonds is 2. The molecule has 4 nitrogen and oxygen atoms in total. The van der Waals surface area contributed by atoms with Crippen LogP contribution < -0.4 is 0 Å². The van der Waals surface area contributed by atoms with Crippen LogP contribution in [-0.4, -0.2) is 5.78 Å². The van der Waals surface area contributed by atoms with Gasteiger partial charge in [0.15, 0.2) is 0 Å². The number of nitrogens with zero attached hydrogens (tertiary/aromatic N) is 3. The number of Topliss-reactive ketones (excluding diaryl/α,β-unsaturated/α-hetero) is 1. The molecule has 1 saturated carbocycles. The van der Waals surface area contributed by atoms with E-state index in [4.69, 9.17) is 5.53 Å². The summed E-state index contributed by atoms with van der Waals surface area (Å²) in [6.45, 7) is 1.97. The molecular weight excluding hydrogens is 214 g/mol. The molecule has 1 unspecified atom stereocenters. The summed E-state index contributed by atoms with van der Waals surface area (Å²) in [7, 11) is 0. The van der Waals surface area contributed by atoms with Gasteiger partial charge in [-0.05, 0) is 30.9 Å². The lowest BCUT2D eigenvalue weighted by Gasteiger charge is -2.31. The zero-order valence-electron chi connectivity index (χ0n) is 9.89. The first-order valence-corrected chi connectivity index (χ1v) is 5.86. The van der Waals surface area contributed by atoms with Gasteiger partial charge in [-0.25, -0.2) is 0 Å². The van der Waals surface area contributed by atoms with Crippen LogP contribution >= 0.6 is 0 Å². The van der Waals surface area contributed by atoms with Crippen molar-refractivity contribution in [1.82, 2.24) is 0 Å². The molecule has 1 fully saturated rings. The van der Waals surface area contributed by atoms with Gasteiger partial charge < -0.3 is 0 Å². The normalized spacial score (nSPS) is 24.2. The Morgan fingerprint density at radius 2 is 2.24 bits per heavy atom. The van der Waals surface area contributed by atoms with Crippen LogP contribution in [0.25, 0.3) is 10.4 Å². The average molecular weight is 229 g/mol. The second kappa shape index (κ2) is 4.60. The Bertz CT molecular complexity index is 491. The fourth-order valence-corrected chi connectivity index (χ4v) is 2.46. The van der Waals surface area contributed by atoms with Gasteiger partial charge >= 0.3 is 0 Å². The lowest BCUT2D eigenvalue weighted by Crippen LogP contribution is -2.36. The Balaban J connectivity index is 2.54. The van der Waals surface area contributed by atoms with Crippen molar-refractivity contribution < 1.29 is 4.79 Å². The number of azide groups is 1. The summed E-state index contributed by atoms with van der Waals surface area (Å²) >= 11 is 0. The van der Waals surface area contributed by atoms with Crippen LogP contribution in [0.15, 0.2) is 29.4 Å². The second-order valence-corrected chi connectivity index (χ2v) is 4.55. The van der Waals surface area contributed by atoms with E-state index in [1.807, 2.05) is 31.2 Å². The largest absolute Gasteiger partial charge is 0.299 e. The van der Waals surface area contributed by atoms with Crippen molar-refractivity contribution >= 4 is 5.78 Å². The number of benzene rings is 1. The molecule has 1 aromatic rings. The van der Waals surface area contributed by atoms with Gasteiger partial charge in [0.1, 0.15) is 11.3 Å². The molecule has 2 rings (SSSR count). The van der Waals surface area contributed by atoms with Crippen LogP contribution in [0.1, 0.15) is 36.8 Å². The van der Waals surface area contributed by atoms with E-state index in [0.717, 1.165) is 24.0 Å². The summed E-state index contributed by atoms with van der Waals surface area (Å²) in [5.41, 5.74) is 9.69. The van der Waals surface area contributed by atoms with Crippen molar-refractivity contribution in [3.8, 4) is 0 Å². The Kier molecular flexibility index (Phi) is 3.16. The number of aryl methyl sites for hydroxylation is 1. The van der Waals surface area contributed by atoms with Crippen molar-refractivity contribution in [3.05, 3.63) is 45.8 Å². The van der Waals surface area contributed by atoms with Crippen molar-refractivity contribution in [2.45, 2.75) is 38.1 Å². The minimum Gasteiger partial charge on any atom is -0.299 e. The Morgan fingerprint density at radius 3 is 2.88 bits per heavy atom. The molecule has 17 heavy (non-hydrogen) atoms. The highest BCUT2D eigenvalue weighted by atomic mass is 16.1. The SMILES string of the molecule is Cc1cccc(C2(N=[N+]=[N-])CCCCC2=O)c1. The third kappa shape index (κ3) is 2.04. The van der Waals surface area contributed by atoms with Crippen LogP contribution in [0.2, 0.25) is 0 Å². The molecule has 0 N–H and O–H groups in total. The topological polar surface area (TPSA) is 65.8 Å². The Hall–Kier alpha value is -1.80. The third-order valence-corrected chi connectivity index (χ3v) is 3.36. The fourth-order valence-electron chi connectivity index (χ4n) is 2.46. The Labute approximate surface area is 100 Å². The highest BCUT2D eigenvalue weighted by Gasteiger charge is 2.40. The van der Waals surface area contributed by atoms with Gasteiger partial charge in [0, 0.05) is 11.3 Å². The van der Waals surface area contributed by atoms with Gasteiger partial charge in [-0.1, -0.05) is 41.4 Å². The molecule has 0 spiro atoms. The molecule has 1 atom stereocenters. The van der Waals surface area contributed by atoms with Gasteiger partial charge in [0.2, 0.25) is 0 Å². The quantitative estimate of drug-likeness (QED) is 0.433. The summed E-state index contributed by atoms with van der Waals surface area (Å²) in [5.74, 6) is 0.0483. The monoisotopic (exact) mass is 229 g/mol. The number of carbonyl (C=O) groups is 1. The molecule has 0 radical (unpaired) electrons. The predicted octanol–water partition coefficient (Wildman–Crippen LogP) is 3.64. The van der Waals surface area contributed by atoms with Crippen molar-refractivity contribution in [1.29, 1.82) is 0 Å². The van der Waals surface area contributed by atoms with Crippen LogP contribution in [0.4, 0.5) is 0 Å². The van der Waals surface area contributed by atoms with E-state index in [0.29, 0.717) is 12.8 Å². The van der Waals surface area contributed by atoms with E-state index in [1.54, 1.807) is 0 Å². The first-order valence-electron chi connectivity index (χ1n) is 5.86. The van der Waals surface area contributed by atoms with E-state index >= 15 is 0 Å². The smallest absolute Gasteiger partial charge is 0.149 e. The summed E-state index contributed by atoms with van der Waals surface area (Å²) in [5, 5.41) is 3.84. The Morgan fingerprint density at radius 1 is 1.41 bits per heavy atom. The standard InChI is InChI=1S/C13H15N3O/c1-10-5-4-6-11(9-10)13(15-16-14)8-3-2-7-12(13)17/h4-6,9H,2-3,7-8H2,1H3. The zero-order valence-corrected chi connectivity index (χ0v) is 9.89. The summed E-state index contributed by atoms with van der Waals surface area (Å²) in [6.07, 6.45) is 2.96. The minimum atomic E-state index is -0.959. The van der Waals surface area contributed by atoms with Gasteiger partial charge in [0.25, 0.3) is 0 Å². The minimum absolute atomic E-state index is 0.0483. The van der Waals surface area contributed by atoms with Gasteiger partial charge in [-0.15, -0.1) is 0 Å². The molecule has 0 aliphatic heterocycles. The number of carbonyl (C=O) groups excluding carboxylic acids is 1.